The largest absolute Gasteiger partial charge is 0.370 e. The summed E-state index contributed by atoms with van der Waals surface area (Å²) in [5, 5.41) is 0. The van der Waals surface area contributed by atoms with Gasteiger partial charge in [-0.05, 0) is 42.3 Å². The van der Waals surface area contributed by atoms with Gasteiger partial charge in [-0.2, -0.15) is 4.31 Å². The fraction of sp³-hybridized carbons (Fsp3) is 0.500. The van der Waals surface area contributed by atoms with E-state index in [2.05, 4.69) is 14.8 Å². The quantitative estimate of drug-likeness (QED) is 0.588. The van der Waals surface area contributed by atoms with Crippen LogP contribution in [0.5, 0.6) is 0 Å². The first-order valence-electron chi connectivity index (χ1n) is 11.8. The molecule has 2 aromatic rings. The van der Waals surface area contributed by atoms with Crippen molar-refractivity contribution in [1.29, 1.82) is 0 Å². The molecule has 1 amide bonds. The lowest BCUT2D eigenvalue weighted by Gasteiger charge is -2.35. The van der Waals surface area contributed by atoms with E-state index in [9.17, 15) is 13.2 Å². The fourth-order valence-electron chi connectivity index (χ4n) is 4.67. The molecule has 0 saturated carbocycles. The minimum atomic E-state index is -3.46. The van der Waals surface area contributed by atoms with Gasteiger partial charge in [-0.3, -0.25) is 4.79 Å². The topological polar surface area (TPSA) is 77.1 Å². The minimum Gasteiger partial charge on any atom is -0.370 e. The molecule has 178 valence electrons. The molecular formula is C24H33N5O3S. The number of carbonyl (C=O) groups excluding carboxylic acids is 1. The molecule has 1 fully saturated rings. The lowest BCUT2D eigenvalue weighted by atomic mass is 10.2. The van der Waals surface area contributed by atoms with E-state index in [4.69, 9.17) is 0 Å². The van der Waals surface area contributed by atoms with Gasteiger partial charge >= 0.3 is 0 Å². The number of rotatable bonds is 8. The third kappa shape index (κ3) is 4.99. The summed E-state index contributed by atoms with van der Waals surface area (Å²) in [6.45, 7) is 9.08. The maximum Gasteiger partial charge on any atom is 0.243 e. The van der Waals surface area contributed by atoms with Gasteiger partial charge in [-0.1, -0.05) is 19.9 Å². The molecule has 8 nitrogen and oxygen atoms in total. The van der Waals surface area contributed by atoms with Crippen molar-refractivity contribution in [3.05, 3.63) is 48.2 Å². The van der Waals surface area contributed by atoms with Crippen LogP contribution in [0.25, 0.3) is 0 Å². The number of aromatic nitrogens is 1. The van der Waals surface area contributed by atoms with Crippen molar-refractivity contribution in [1.82, 2.24) is 14.2 Å². The number of benzene rings is 1. The van der Waals surface area contributed by atoms with Crippen LogP contribution in [0, 0.1) is 0 Å². The number of nitrogens with zero attached hydrogens (tertiary/aromatic N) is 5. The maximum absolute atomic E-state index is 12.8. The summed E-state index contributed by atoms with van der Waals surface area (Å²) in [4.78, 5) is 23.9. The Hall–Kier alpha value is -2.65. The summed E-state index contributed by atoms with van der Waals surface area (Å²) in [6, 6.07) is 11.3. The van der Waals surface area contributed by atoms with Gasteiger partial charge in [0.05, 0.1) is 4.90 Å². The molecule has 1 aromatic carbocycles. The number of hydrogen-bond acceptors (Lipinski definition) is 6. The number of fused-ring (bicyclic) bond motifs is 1. The van der Waals surface area contributed by atoms with Crippen LogP contribution >= 0.6 is 0 Å². The summed E-state index contributed by atoms with van der Waals surface area (Å²) < 4.78 is 27.1. The van der Waals surface area contributed by atoms with E-state index in [0.717, 1.165) is 43.1 Å². The number of hydrogen-bond donors (Lipinski definition) is 0. The molecule has 0 unspecified atom stereocenters. The van der Waals surface area contributed by atoms with Crippen LogP contribution in [-0.2, 0) is 21.2 Å². The van der Waals surface area contributed by atoms with E-state index in [1.54, 1.807) is 12.3 Å². The van der Waals surface area contributed by atoms with Crippen molar-refractivity contribution >= 4 is 27.4 Å². The van der Waals surface area contributed by atoms with Crippen molar-refractivity contribution in [2.75, 3.05) is 62.2 Å². The third-order valence-electron chi connectivity index (χ3n) is 6.59. The second-order valence-corrected chi connectivity index (χ2v) is 10.4. The number of carbonyl (C=O) groups is 1. The molecule has 3 heterocycles. The van der Waals surface area contributed by atoms with E-state index in [1.165, 1.54) is 4.31 Å². The van der Waals surface area contributed by atoms with Crippen LogP contribution < -0.4 is 9.80 Å². The summed E-state index contributed by atoms with van der Waals surface area (Å²) in [7, 11) is -3.46. The minimum absolute atomic E-state index is 0.171. The third-order valence-corrected chi connectivity index (χ3v) is 8.63. The summed E-state index contributed by atoms with van der Waals surface area (Å²) in [5.41, 5.74) is 2.08. The molecule has 9 heteroatoms. The highest BCUT2D eigenvalue weighted by Crippen LogP contribution is 2.31. The van der Waals surface area contributed by atoms with Crippen molar-refractivity contribution in [2.24, 2.45) is 0 Å². The van der Waals surface area contributed by atoms with Crippen molar-refractivity contribution in [2.45, 2.75) is 31.6 Å². The Labute approximate surface area is 196 Å². The molecule has 0 aliphatic carbocycles. The monoisotopic (exact) mass is 471 g/mol. The van der Waals surface area contributed by atoms with Gasteiger partial charge in [0.2, 0.25) is 15.9 Å². The Bertz CT molecular complexity index is 1060. The number of anilines is 2. The van der Waals surface area contributed by atoms with Gasteiger partial charge in [0.1, 0.15) is 5.82 Å². The summed E-state index contributed by atoms with van der Waals surface area (Å²) in [6.07, 6.45) is 3.05. The Morgan fingerprint density at radius 3 is 2.45 bits per heavy atom. The van der Waals surface area contributed by atoms with Crippen molar-refractivity contribution < 1.29 is 13.2 Å². The fourth-order valence-corrected chi connectivity index (χ4v) is 6.18. The highest BCUT2D eigenvalue weighted by Gasteiger charge is 2.27. The Morgan fingerprint density at radius 2 is 1.79 bits per heavy atom. The molecule has 4 rings (SSSR count). The van der Waals surface area contributed by atoms with E-state index in [-0.39, 0.29) is 5.91 Å². The van der Waals surface area contributed by atoms with E-state index in [0.29, 0.717) is 44.0 Å². The molecule has 0 N–H and O–H groups in total. The number of piperazine rings is 1. The number of amides is 1. The molecule has 0 radical (unpaired) electrons. The van der Waals surface area contributed by atoms with Crippen LogP contribution in [0.15, 0.2) is 47.5 Å². The molecule has 2 aliphatic rings. The zero-order valence-electron chi connectivity index (χ0n) is 19.5. The van der Waals surface area contributed by atoms with E-state index in [1.807, 2.05) is 49.1 Å². The summed E-state index contributed by atoms with van der Waals surface area (Å²) >= 11 is 0. The zero-order chi connectivity index (χ0) is 23.4. The predicted molar refractivity (Wildman–Crippen MR) is 130 cm³/mol. The highest BCUT2D eigenvalue weighted by atomic mass is 32.2. The molecule has 0 spiro atoms. The van der Waals surface area contributed by atoms with Crippen molar-refractivity contribution in [3.63, 3.8) is 0 Å². The molecule has 1 saturated heterocycles. The smallest absolute Gasteiger partial charge is 0.243 e. The SMILES string of the molecule is CCN(CC)S(=O)(=O)c1ccc2c(c1)CCN2CCC(=O)N1CCN(c2ccccn2)CC1. The van der Waals surface area contributed by atoms with Gasteiger partial charge in [0.25, 0.3) is 0 Å². The Morgan fingerprint density at radius 1 is 1.03 bits per heavy atom. The van der Waals surface area contributed by atoms with Crippen LogP contribution in [0.4, 0.5) is 11.5 Å². The molecule has 0 bridgehead atoms. The zero-order valence-corrected chi connectivity index (χ0v) is 20.3. The van der Waals surface area contributed by atoms with Crippen LogP contribution in [0.1, 0.15) is 25.8 Å². The van der Waals surface area contributed by atoms with Gasteiger partial charge in [-0.25, -0.2) is 13.4 Å². The molecule has 2 aliphatic heterocycles. The Balaban J connectivity index is 1.32. The van der Waals surface area contributed by atoms with Gasteiger partial charge in [0, 0.05) is 70.7 Å². The molecule has 33 heavy (non-hydrogen) atoms. The lowest BCUT2D eigenvalue weighted by Crippen LogP contribution is -2.49. The summed E-state index contributed by atoms with van der Waals surface area (Å²) in [5.74, 6) is 1.13. The molecular weight excluding hydrogens is 438 g/mol. The second-order valence-electron chi connectivity index (χ2n) is 8.42. The first kappa shape index (κ1) is 23.5. The first-order valence-corrected chi connectivity index (χ1v) is 13.2. The van der Waals surface area contributed by atoms with Crippen LogP contribution in [-0.4, -0.2) is 80.9 Å². The van der Waals surface area contributed by atoms with E-state index < -0.39 is 10.0 Å². The normalized spacial score (nSPS) is 16.4. The van der Waals surface area contributed by atoms with Gasteiger partial charge in [-0.15, -0.1) is 0 Å². The predicted octanol–water partition coefficient (Wildman–Crippen LogP) is 2.21. The standard InChI is InChI=1S/C24H33N5O3S/c1-3-29(4-2)33(31,32)21-8-9-22-20(19-21)10-13-26(22)14-11-24(30)28-17-15-27(16-18-28)23-7-5-6-12-25-23/h5-9,12,19H,3-4,10-11,13-18H2,1-2H3. The number of pyridine rings is 1. The molecule has 0 atom stereocenters. The Kier molecular flexibility index (Phi) is 7.19. The highest BCUT2D eigenvalue weighted by molar-refractivity contribution is 7.89. The second kappa shape index (κ2) is 10.1. The van der Waals surface area contributed by atoms with Crippen LogP contribution in [0.3, 0.4) is 0 Å². The lowest BCUT2D eigenvalue weighted by molar-refractivity contribution is -0.131. The molecule has 1 aromatic heterocycles. The average Bonchev–Trinajstić information content (AvgIpc) is 3.26. The van der Waals surface area contributed by atoms with Crippen molar-refractivity contribution in [3.8, 4) is 0 Å². The van der Waals surface area contributed by atoms with Gasteiger partial charge < -0.3 is 14.7 Å². The van der Waals surface area contributed by atoms with E-state index >= 15 is 0 Å². The maximum atomic E-state index is 12.8. The first-order chi connectivity index (χ1) is 15.9. The average molecular weight is 472 g/mol. The van der Waals surface area contributed by atoms with Gasteiger partial charge in [0.15, 0.2) is 0 Å². The number of sulfonamides is 1. The van der Waals surface area contributed by atoms with Crippen LogP contribution in [0.2, 0.25) is 0 Å².